The van der Waals surface area contributed by atoms with E-state index in [2.05, 4.69) is 36.1 Å². The number of esters is 2. The molecular formula is C32H50O10. The number of carbonyl (C=O) groups excluding carboxylic acids is 2. The summed E-state index contributed by atoms with van der Waals surface area (Å²) in [7, 11) is 0. The van der Waals surface area contributed by atoms with Crippen LogP contribution in [-0.4, -0.2) is 104 Å². The van der Waals surface area contributed by atoms with Crippen LogP contribution < -0.4 is 0 Å². The zero-order chi connectivity index (χ0) is 30.6. The van der Waals surface area contributed by atoms with Crippen LogP contribution in [-0.2, 0) is 47.5 Å². The van der Waals surface area contributed by atoms with Gasteiger partial charge in [0.1, 0.15) is 26.4 Å². The molecular weight excluding hydrogens is 544 g/mol. The molecule has 0 amide bonds. The van der Waals surface area contributed by atoms with Gasteiger partial charge in [-0.15, -0.1) is 12.8 Å². The second kappa shape index (κ2) is 34.5. The largest absolute Gasteiger partial charge is 0.463 e. The van der Waals surface area contributed by atoms with Crippen molar-refractivity contribution in [1.82, 2.24) is 0 Å². The van der Waals surface area contributed by atoms with Crippen LogP contribution in [0.3, 0.4) is 0 Å². The van der Waals surface area contributed by atoms with E-state index in [0.717, 1.165) is 38.5 Å². The smallest absolute Gasteiger partial charge is 0.305 e. The molecule has 42 heavy (non-hydrogen) atoms. The third-order valence-electron chi connectivity index (χ3n) is 5.18. The number of allylic oxidation sites excluding steroid dienone is 4. The maximum atomic E-state index is 11.7. The maximum Gasteiger partial charge on any atom is 0.305 e. The highest BCUT2D eigenvalue weighted by Gasteiger charge is 2.02. The number of hydrogen-bond acceptors (Lipinski definition) is 10. The zero-order valence-electron chi connectivity index (χ0n) is 25.1. The second-order valence-electron chi connectivity index (χ2n) is 8.71. The molecule has 0 fully saturated rings. The van der Waals surface area contributed by atoms with Crippen molar-refractivity contribution in [3.63, 3.8) is 0 Å². The first-order chi connectivity index (χ1) is 20.7. The molecule has 10 nitrogen and oxygen atoms in total. The molecule has 0 atom stereocenters. The fourth-order valence-electron chi connectivity index (χ4n) is 3.11. The molecule has 0 heterocycles. The second-order valence-corrected chi connectivity index (χ2v) is 8.71. The summed E-state index contributed by atoms with van der Waals surface area (Å²) in [6.07, 6.45) is 24.4. The van der Waals surface area contributed by atoms with Gasteiger partial charge in [-0.1, -0.05) is 36.1 Å². The number of rotatable bonds is 31. The highest BCUT2D eigenvalue weighted by molar-refractivity contribution is 5.69. The van der Waals surface area contributed by atoms with E-state index >= 15 is 0 Å². The lowest BCUT2D eigenvalue weighted by Crippen LogP contribution is -2.13. The van der Waals surface area contributed by atoms with Crippen molar-refractivity contribution in [3.8, 4) is 24.7 Å². The van der Waals surface area contributed by atoms with E-state index in [4.69, 9.17) is 50.7 Å². The zero-order valence-corrected chi connectivity index (χ0v) is 25.1. The highest BCUT2D eigenvalue weighted by atomic mass is 16.6. The molecule has 0 saturated heterocycles. The Morgan fingerprint density at radius 1 is 0.452 bits per heavy atom. The number of unbranched alkanes of at least 4 members (excludes halogenated alkanes) is 3. The lowest BCUT2D eigenvalue weighted by molar-refractivity contribution is -0.146. The van der Waals surface area contributed by atoms with Gasteiger partial charge in [0.25, 0.3) is 0 Å². The summed E-state index contributed by atoms with van der Waals surface area (Å²) in [5.74, 6) is 4.34. The average Bonchev–Trinajstić information content (AvgIpc) is 2.99. The van der Waals surface area contributed by atoms with Gasteiger partial charge >= 0.3 is 11.9 Å². The minimum atomic E-state index is -0.213. The van der Waals surface area contributed by atoms with E-state index in [1.165, 1.54) is 0 Å². The summed E-state index contributed by atoms with van der Waals surface area (Å²) in [6, 6.07) is 0. The molecule has 0 saturated carbocycles. The molecule has 0 aliphatic carbocycles. The summed E-state index contributed by atoms with van der Waals surface area (Å²) >= 11 is 0. The van der Waals surface area contributed by atoms with Crippen LogP contribution in [0.25, 0.3) is 0 Å². The average molecular weight is 595 g/mol. The number of terminal acetylenes is 2. The highest BCUT2D eigenvalue weighted by Crippen LogP contribution is 2.03. The van der Waals surface area contributed by atoms with Crippen molar-refractivity contribution < 1.29 is 47.5 Å². The summed E-state index contributed by atoms with van der Waals surface area (Å²) in [5.41, 5.74) is 0. The molecule has 0 N–H and O–H groups in total. The number of ether oxygens (including phenoxy) is 8. The van der Waals surface area contributed by atoms with Gasteiger partial charge in [0.2, 0.25) is 0 Å². The fraction of sp³-hybridized carbons (Fsp3) is 0.688. The van der Waals surface area contributed by atoms with Crippen LogP contribution in [0.1, 0.15) is 51.4 Å². The van der Waals surface area contributed by atoms with Crippen LogP contribution >= 0.6 is 0 Å². The lowest BCUT2D eigenvalue weighted by Gasteiger charge is -2.07. The van der Waals surface area contributed by atoms with Gasteiger partial charge in [-0.2, -0.15) is 0 Å². The van der Waals surface area contributed by atoms with Crippen LogP contribution in [0.5, 0.6) is 0 Å². The molecule has 10 heteroatoms. The van der Waals surface area contributed by atoms with Crippen LogP contribution in [0.2, 0.25) is 0 Å². The van der Waals surface area contributed by atoms with Gasteiger partial charge in [-0.3, -0.25) is 9.59 Å². The quantitative estimate of drug-likeness (QED) is 0.0511. The molecule has 0 aromatic heterocycles. The number of hydrogen-bond donors (Lipinski definition) is 0. The topological polar surface area (TPSA) is 108 Å². The predicted octanol–water partition coefficient (Wildman–Crippen LogP) is 3.67. The van der Waals surface area contributed by atoms with E-state index in [1.807, 2.05) is 0 Å². The molecule has 0 radical (unpaired) electrons. The molecule has 0 spiro atoms. The van der Waals surface area contributed by atoms with E-state index in [-0.39, 0.29) is 38.4 Å². The van der Waals surface area contributed by atoms with E-state index in [1.54, 1.807) is 0 Å². The van der Waals surface area contributed by atoms with Crippen LogP contribution in [0, 0.1) is 24.7 Å². The first-order valence-corrected chi connectivity index (χ1v) is 14.6. The van der Waals surface area contributed by atoms with Gasteiger partial charge < -0.3 is 37.9 Å². The van der Waals surface area contributed by atoms with Gasteiger partial charge in [-0.05, 0) is 38.5 Å². The Morgan fingerprint density at radius 3 is 1.12 bits per heavy atom. The molecule has 0 aromatic carbocycles. The minimum Gasteiger partial charge on any atom is -0.463 e. The Morgan fingerprint density at radius 2 is 0.762 bits per heavy atom. The van der Waals surface area contributed by atoms with Crippen LogP contribution in [0.15, 0.2) is 24.3 Å². The third-order valence-corrected chi connectivity index (χ3v) is 5.18. The first kappa shape index (κ1) is 39.3. The van der Waals surface area contributed by atoms with Gasteiger partial charge in [0.05, 0.1) is 66.1 Å². The van der Waals surface area contributed by atoms with Gasteiger partial charge in [0.15, 0.2) is 0 Å². The van der Waals surface area contributed by atoms with Crippen molar-refractivity contribution in [1.29, 1.82) is 0 Å². The summed E-state index contributed by atoms with van der Waals surface area (Å²) in [6.45, 7) is 5.36. The molecule has 0 aromatic rings. The van der Waals surface area contributed by atoms with E-state index < -0.39 is 0 Å². The lowest BCUT2D eigenvalue weighted by atomic mass is 10.2. The first-order valence-electron chi connectivity index (χ1n) is 14.6. The predicted molar refractivity (Wildman–Crippen MR) is 160 cm³/mol. The Balaban J connectivity index is 3.37. The van der Waals surface area contributed by atoms with E-state index in [0.29, 0.717) is 78.9 Å². The van der Waals surface area contributed by atoms with Crippen molar-refractivity contribution in [2.75, 3.05) is 92.5 Å². The summed E-state index contributed by atoms with van der Waals surface area (Å²) in [4.78, 5) is 23.5. The summed E-state index contributed by atoms with van der Waals surface area (Å²) in [5, 5.41) is 0. The molecule has 0 aliphatic heterocycles. The van der Waals surface area contributed by atoms with Crippen molar-refractivity contribution >= 4 is 11.9 Å². The Bertz CT molecular complexity index is 702. The number of carbonyl (C=O) groups is 2. The molecule has 0 bridgehead atoms. The molecule has 0 unspecified atom stereocenters. The van der Waals surface area contributed by atoms with Crippen molar-refractivity contribution in [2.45, 2.75) is 51.4 Å². The monoisotopic (exact) mass is 594 g/mol. The van der Waals surface area contributed by atoms with Gasteiger partial charge in [-0.25, -0.2) is 0 Å². The van der Waals surface area contributed by atoms with E-state index in [9.17, 15) is 9.59 Å². The van der Waals surface area contributed by atoms with Crippen molar-refractivity contribution in [2.24, 2.45) is 0 Å². The Hall–Kier alpha value is -2.70. The molecule has 0 rings (SSSR count). The van der Waals surface area contributed by atoms with Crippen molar-refractivity contribution in [3.05, 3.63) is 24.3 Å². The maximum absolute atomic E-state index is 11.7. The SMILES string of the molecule is C#CCOCCOCCOCCOC(=O)CCC/C=C\CC/C=C\CCCC(=O)OCCOCCOCCOCC#C. The molecule has 0 aliphatic rings. The Kier molecular flexibility index (Phi) is 32.3. The third kappa shape index (κ3) is 33.5. The summed E-state index contributed by atoms with van der Waals surface area (Å²) < 4.78 is 41.8. The van der Waals surface area contributed by atoms with Crippen LogP contribution in [0.4, 0.5) is 0 Å². The fourth-order valence-corrected chi connectivity index (χ4v) is 3.11. The Labute approximate surface area is 252 Å². The normalized spacial score (nSPS) is 11.1. The van der Waals surface area contributed by atoms with Gasteiger partial charge in [0, 0.05) is 12.8 Å². The molecule has 238 valence electrons. The minimum absolute atomic E-state index is 0.213. The standard InChI is InChI=1S/C32H50O10/c1-3-17-35-19-21-37-23-25-39-27-29-41-31(33)15-13-11-9-7-5-6-8-10-12-14-16-32(34)42-30-28-40-26-24-38-22-20-36-18-4-2/h1-2,7-10H,5-6,11-30H2/b9-7-,10-8-.